The van der Waals surface area contributed by atoms with Crippen molar-refractivity contribution < 1.29 is 20.4 Å². The van der Waals surface area contributed by atoms with Crippen LogP contribution in [-0.4, -0.2) is 9.97 Å². The van der Waals surface area contributed by atoms with E-state index in [1.54, 1.807) is 12.4 Å². The van der Waals surface area contributed by atoms with Crippen LogP contribution in [0.1, 0.15) is 5.82 Å². The van der Waals surface area contributed by atoms with Crippen LogP contribution in [0.3, 0.4) is 0 Å². The molecule has 0 aliphatic heterocycles. The van der Waals surface area contributed by atoms with E-state index >= 15 is 0 Å². The molecule has 0 bridgehead atoms. The third-order valence-electron chi connectivity index (χ3n) is 0.635. The van der Waals surface area contributed by atoms with Crippen LogP contribution in [0.5, 0.6) is 0 Å². The van der Waals surface area contributed by atoms with Gasteiger partial charge in [-0.1, -0.05) is 0 Å². The summed E-state index contributed by atoms with van der Waals surface area (Å²) in [6.45, 7) is 1.92. The van der Waals surface area contributed by atoms with Crippen molar-refractivity contribution in [2.24, 2.45) is 0 Å². The molecule has 1 aromatic heterocycles. The van der Waals surface area contributed by atoms with E-state index in [0.717, 1.165) is 5.82 Å². The molecule has 0 atom stereocenters. The van der Waals surface area contributed by atoms with Crippen molar-refractivity contribution >= 4 is 0 Å². The first kappa shape index (κ1) is 6.87. The predicted octanol–water partition coefficient (Wildman–Crippen LogP) is 0.716. The van der Waals surface area contributed by atoms with Gasteiger partial charge in [0.05, 0.1) is 0 Å². The van der Waals surface area contributed by atoms with Crippen LogP contribution >= 0.6 is 0 Å². The molecule has 1 N–H and O–H groups in total. The Morgan fingerprint density at radius 1 is 1.71 bits per heavy atom. The Morgan fingerprint density at radius 3 is 2.57 bits per heavy atom. The molecule has 0 aliphatic rings. The number of imidazole rings is 1. The minimum atomic E-state index is 0. The number of rotatable bonds is 0. The van der Waals surface area contributed by atoms with Gasteiger partial charge in [0, 0.05) is 32.8 Å². The van der Waals surface area contributed by atoms with Crippen LogP contribution in [0, 0.1) is 6.92 Å². The topological polar surface area (TPSA) is 28.7 Å². The molecular weight excluding hydrogens is 182 g/mol. The molecule has 0 saturated heterocycles. The summed E-state index contributed by atoms with van der Waals surface area (Å²) in [5, 5.41) is 0. The first-order chi connectivity index (χ1) is 2.89. The molecule has 0 aliphatic carbocycles. The molecule has 1 heterocycles. The van der Waals surface area contributed by atoms with Gasteiger partial charge in [-0.05, 0) is 6.92 Å². The van der Waals surface area contributed by atoms with Crippen LogP contribution in [0.2, 0.25) is 0 Å². The van der Waals surface area contributed by atoms with E-state index in [0.29, 0.717) is 0 Å². The number of nitrogens with one attached hydrogen (secondary N) is 1. The average molecular weight is 189 g/mol. The summed E-state index contributed by atoms with van der Waals surface area (Å²) >= 11 is 0. The molecule has 0 saturated carbocycles. The van der Waals surface area contributed by atoms with E-state index in [1.165, 1.54) is 0 Å². The quantitative estimate of drug-likeness (QED) is 0.597. The molecule has 0 amide bonds. The van der Waals surface area contributed by atoms with Gasteiger partial charge in [0.15, 0.2) is 0 Å². The molecule has 0 radical (unpaired) electrons. The number of H-pyrrole nitrogens is 1. The van der Waals surface area contributed by atoms with Crippen molar-refractivity contribution in [1.82, 2.24) is 9.97 Å². The molecular formula is C4H6N2Pd. The van der Waals surface area contributed by atoms with Crippen molar-refractivity contribution in [2.45, 2.75) is 6.92 Å². The number of hydrogen-bond donors (Lipinski definition) is 1. The fraction of sp³-hybridized carbons (Fsp3) is 0.250. The van der Waals surface area contributed by atoms with E-state index in [-0.39, 0.29) is 20.4 Å². The number of nitrogens with zero attached hydrogens (tertiary/aromatic N) is 1. The number of hydrogen-bond acceptors (Lipinski definition) is 1. The van der Waals surface area contributed by atoms with Gasteiger partial charge in [-0.25, -0.2) is 4.98 Å². The maximum absolute atomic E-state index is 3.86. The van der Waals surface area contributed by atoms with Crippen LogP contribution < -0.4 is 0 Å². The summed E-state index contributed by atoms with van der Waals surface area (Å²) in [6, 6.07) is 0. The summed E-state index contributed by atoms with van der Waals surface area (Å²) in [4.78, 5) is 6.75. The molecule has 0 unspecified atom stereocenters. The normalized spacial score (nSPS) is 7.57. The second-order valence-corrected chi connectivity index (χ2v) is 1.17. The van der Waals surface area contributed by atoms with Crippen LogP contribution in [0.25, 0.3) is 0 Å². The summed E-state index contributed by atoms with van der Waals surface area (Å²) in [5.74, 6) is 0.968. The minimum absolute atomic E-state index is 0. The monoisotopic (exact) mass is 188 g/mol. The summed E-state index contributed by atoms with van der Waals surface area (Å²) in [5.41, 5.74) is 0. The van der Waals surface area contributed by atoms with Gasteiger partial charge in [0.2, 0.25) is 0 Å². The third kappa shape index (κ3) is 1.86. The molecule has 7 heavy (non-hydrogen) atoms. The van der Waals surface area contributed by atoms with Crippen LogP contribution in [-0.2, 0) is 20.4 Å². The fourth-order valence-electron chi connectivity index (χ4n) is 0.344. The van der Waals surface area contributed by atoms with Crippen molar-refractivity contribution in [2.75, 3.05) is 0 Å². The van der Waals surface area contributed by atoms with Gasteiger partial charge in [-0.2, -0.15) is 0 Å². The SMILES string of the molecule is Cc1ncc[nH]1.[Pd]. The molecule has 0 fully saturated rings. The Bertz CT molecular complexity index is 113. The average Bonchev–Trinajstić information content (AvgIpc) is 1.86. The van der Waals surface area contributed by atoms with Crippen LogP contribution in [0.15, 0.2) is 12.4 Å². The first-order valence-electron chi connectivity index (χ1n) is 1.85. The summed E-state index contributed by atoms with van der Waals surface area (Å²) < 4.78 is 0. The van der Waals surface area contributed by atoms with E-state index in [9.17, 15) is 0 Å². The Balaban J connectivity index is 0.000000360. The van der Waals surface area contributed by atoms with E-state index < -0.39 is 0 Å². The zero-order valence-corrected chi connectivity index (χ0v) is 5.47. The second-order valence-electron chi connectivity index (χ2n) is 1.17. The van der Waals surface area contributed by atoms with E-state index in [1.807, 2.05) is 6.92 Å². The predicted molar refractivity (Wildman–Crippen MR) is 23.3 cm³/mol. The molecule has 3 heteroatoms. The van der Waals surface area contributed by atoms with Crippen molar-refractivity contribution in [3.05, 3.63) is 18.2 Å². The Morgan fingerprint density at radius 2 is 2.43 bits per heavy atom. The number of aromatic nitrogens is 2. The first-order valence-corrected chi connectivity index (χ1v) is 1.85. The molecule has 1 rings (SSSR count). The zero-order chi connectivity index (χ0) is 4.41. The Hall–Kier alpha value is -0.128. The summed E-state index contributed by atoms with van der Waals surface area (Å²) in [7, 11) is 0. The molecule has 1 aromatic rings. The summed E-state index contributed by atoms with van der Waals surface area (Å²) in [6.07, 6.45) is 3.53. The number of aromatic amines is 1. The molecule has 42 valence electrons. The van der Waals surface area contributed by atoms with Gasteiger partial charge in [-0.3, -0.25) is 0 Å². The Labute approximate surface area is 56.0 Å². The molecule has 0 aromatic carbocycles. The van der Waals surface area contributed by atoms with Gasteiger partial charge in [0.1, 0.15) is 5.82 Å². The van der Waals surface area contributed by atoms with Gasteiger partial charge in [0.25, 0.3) is 0 Å². The molecule has 2 nitrogen and oxygen atoms in total. The van der Waals surface area contributed by atoms with Crippen molar-refractivity contribution in [3.63, 3.8) is 0 Å². The van der Waals surface area contributed by atoms with Crippen molar-refractivity contribution in [1.29, 1.82) is 0 Å². The van der Waals surface area contributed by atoms with E-state index in [4.69, 9.17) is 0 Å². The number of aryl methyl sites for hydroxylation is 1. The van der Waals surface area contributed by atoms with Gasteiger partial charge >= 0.3 is 0 Å². The Kier molecular flexibility index (Phi) is 2.90. The maximum Gasteiger partial charge on any atom is 0.102 e. The van der Waals surface area contributed by atoms with Crippen molar-refractivity contribution in [3.8, 4) is 0 Å². The zero-order valence-electron chi connectivity index (χ0n) is 3.92. The van der Waals surface area contributed by atoms with Gasteiger partial charge in [-0.15, -0.1) is 0 Å². The minimum Gasteiger partial charge on any atom is -0.349 e. The molecule has 0 spiro atoms. The van der Waals surface area contributed by atoms with E-state index in [2.05, 4.69) is 9.97 Å². The second kappa shape index (κ2) is 2.95. The maximum atomic E-state index is 3.86. The van der Waals surface area contributed by atoms with Gasteiger partial charge < -0.3 is 4.98 Å². The van der Waals surface area contributed by atoms with Crippen LogP contribution in [0.4, 0.5) is 0 Å². The third-order valence-corrected chi connectivity index (χ3v) is 0.635. The standard InChI is InChI=1S/C4H6N2.Pd/c1-4-5-2-3-6-4;/h2-3H,1H3,(H,5,6);. The fourth-order valence-corrected chi connectivity index (χ4v) is 0.344. The smallest absolute Gasteiger partial charge is 0.102 e. The largest absolute Gasteiger partial charge is 0.349 e.